The maximum atomic E-state index is 5.81. The van der Waals surface area contributed by atoms with E-state index in [0.717, 1.165) is 18.5 Å². The van der Waals surface area contributed by atoms with E-state index in [1.807, 2.05) is 13.2 Å². The van der Waals surface area contributed by atoms with Crippen LogP contribution in [-0.4, -0.2) is 30.3 Å². The summed E-state index contributed by atoms with van der Waals surface area (Å²) in [5.74, 6) is 0. The molecular formula is C15H26N2O. The molecule has 0 radical (unpaired) electrons. The van der Waals surface area contributed by atoms with Crippen LogP contribution in [0.3, 0.4) is 0 Å². The Bertz CT molecular complexity index is 341. The molecule has 1 aromatic heterocycles. The van der Waals surface area contributed by atoms with Crippen molar-refractivity contribution in [1.29, 1.82) is 0 Å². The van der Waals surface area contributed by atoms with Crippen LogP contribution in [0.1, 0.15) is 39.0 Å². The first-order chi connectivity index (χ1) is 8.44. The molecule has 1 rings (SSSR count). The van der Waals surface area contributed by atoms with Crippen molar-refractivity contribution in [1.82, 2.24) is 10.3 Å². The molecule has 0 aliphatic rings. The fourth-order valence-corrected chi connectivity index (χ4v) is 1.63. The molecule has 0 aliphatic heterocycles. The smallest absolute Gasteiger partial charge is 0.0630 e. The molecule has 0 spiro atoms. The molecule has 0 saturated carbocycles. The topological polar surface area (TPSA) is 34.1 Å². The molecule has 0 saturated heterocycles. The van der Waals surface area contributed by atoms with E-state index < -0.39 is 0 Å². The number of hydrogen-bond acceptors (Lipinski definition) is 3. The second-order valence-electron chi connectivity index (χ2n) is 5.62. The van der Waals surface area contributed by atoms with Crippen molar-refractivity contribution in [2.75, 3.05) is 13.7 Å². The number of hydrogen-bond donors (Lipinski definition) is 1. The van der Waals surface area contributed by atoms with Gasteiger partial charge in [-0.1, -0.05) is 13.0 Å². The number of aromatic nitrogens is 1. The van der Waals surface area contributed by atoms with Gasteiger partial charge in [-0.2, -0.15) is 0 Å². The maximum absolute atomic E-state index is 5.81. The van der Waals surface area contributed by atoms with E-state index in [1.165, 1.54) is 5.56 Å². The molecule has 0 bridgehead atoms. The summed E-state index contributed by atoms with van der Waals surface area (Å²) in [5, 5.41) is 3.29. The zero-order valence-electron chi connectivity index (χ0n) is 12.3. The minimum Gasteiger partial charge on any atom is -0.374 e. The minimum absolute atomic E-state index is 0.0887. The molecule has 1 heterocycles. The number of ether oxygens (including phenoxy) is 1. The van der Waals surface area contributed by atoms with Crippen molar-refractivity contribution in [3.05, 3.63) is 29.6 Å². The van der Waals surface area contributed by atoms with Crippen LogP contribution in [0, 0.1) is 0 Å². The van der Waals surface area contributed by atoms with Gasteiger partial charge in [0.05, 0.1) is 12.2 Å². The van der Waals surface area contributed by atoms with Crippen molar-refractivity contribution in [2.24, 2.45) is 0 Å². The Labute approximate surface area is 111 Å². The minimum atomic E-state index is -0.0887. The number of likely N-dealkylation sites (N-methyl/N-ethyl adjacent to an activating group) is 1. The van der Waals surface area contributed by atoms with E-state index in [0.29, 0.717) is 12.6 Å². The Morgan fingerprint density at radius 3 is 2.50 bits per heavy atom. The lowest BCUT2D eigenvalue weighted by Crippen LogP contribution is -2.36. The van der Waals surface area contributed by atoms with Crippen molar-refractivity contribution < 1.29 is 4.74 Å². The van der Waals surface area contributed by atoms with Gasteiger partial charge in [-0.3, -0.25) is 4.98 Å². The third kappa shape index (κ3) is 5.61. The summed E-state index contributed by atoms with van der Waals surface area (Å²) >= 11 is 0. The van der Waals surface area contributed by atoms with E-state index >= 15 is 0 Å². The third-order valence-electron chi connectivity index (χ3n) is 2.88. The Morgan fingerprint density at radius 1 is 1.33 bits per heavy atom. The Kier molecular flexibility index (Phi) is 5.76. The molecule has 0 fully saturated rings. The summed E-state index contributed by atoms with van der Waals surface area (Å²) in [6.07, 6.45) is 3.90. The zero-order chi connectivity index (χ0) is 13.6. The van der Waals surface area contributed by atoms with E-state index in [1.54, 1.807) is 0 Å². The monoisotopic (exact) mass is 250 g/mol. The SMILES string of the molecule is CCc1ccc(CC(COC(C)(C)C)NC)nc1. The molecule has 1 unspecified atom stereocenters. The molecule has 1 N–H and O–H groups in total. The first kappa shape index (κ1) is 15.1. The van der Waals surface area contributed by atoms with Gasteiger partial charge in [0.2, 0.25) is 0 Å². The van der Waals surface area contributed by atoms with Gasteiger partial charge in [-0.25, -0.2) is 0 Å². The highest BCUT2D eigenvalue weighted by Gasteiger charge is 2.15. The second kappa shape index (κ2) is 6.86. The highest BCUT2D eigenvalue weighted by atomic mass is 16.5. The Balaban J connectivity index is 2.51. The van der Waals surface area contributed by atoms with E-state index in [-0.39, 0.29) is 5.60 Å². The molecule has 1 atom stereocenters. The number of nitrogens with zero attached hydrogens (tertiary/aromatic N) is 1. The number of rotatable bonds is 6. The van der Waals surface area contributed by atoms with Crippen LogP contribution in [0.15, 0.2) is 18.3 Å². The first-order valence-corrected chi connectivity index (χ1v) is 6.69. The first-order valence-electron chi connectivity index (χ1n) is 6.69. The second-order valence-corrected chi connectivity index (χ2v) is 5.62. The normalized spacial score (nSPS) is 13.6. The molecule has 0 aliphatic carbocycles. The largest absolute Gasteiger partial charge is 0.374 e. The quantitative estimate of drug-likeness (QED) is 0.842. The summed E-state index contributed by atoms with van der Waals surface area (Å²) in [6, 6.07) is 4.57. The zero-order valence-corrected chi connectivity index (χ0v) is 12.3. The van der Waals surface area contributed by atoms with Crippen LogP contribution in [-0.2, 0) is 17.6 Å². The van der Waals surface area contributed by atoms with Gasteiger partial charge in [0.15, 0.2) is 0 Å². The fourth-order valence-electron chi connectivity index (χ4n) is 1.63. The molecule has 3 nitrogen and oxygen atoms in total. The van der Waals surface area contributed by atoms with Crippen molar-refractivity contribution in [2.45, 2.75) is 52.2 Å². The average molecular weight is 250 g/mol. The van der Waals surface area contributed by atoms with Crippen LogP contribution in [0.2, 0.25) is 0 Å². The predicted octanol–water partition coefficient (Wildman–Crippen LogP) is 2.59. The van der Waals surface area contributed by atoms with Gasteiger partial charge in [-0.15, -0.1) is 0 Å². The molecule has 1 aromatic rings. The average Bonchev–Trinajstić information content (AvgIpc) is 2.34. The summed E-state index contributed by atoms with van der Waals surface area (Å²) in [5.41, 5.74) is 2.31. The molecular weight excluding hydrogens is 224 g/mol. The van der Waals surface area contributed by atoms with Crippen molar-refractivity contribution in [3.8, 4) is 0 Å². The van der Waals surface area contributed by atoms with Gasteiger partial charge in [0.25, 0.3) is 0 Å². The standard InChI is InChI=1S/C15H26N2O/c1-6-12-7-8-13(17-10-12)9-14(16-5)11-18-15(2,3)4/h7-8,10,14,16H,6,9,11H2,1-5H3. The van der Waals surface area contributed by atoms with Crippen LogP contribution >= 0.6 is 0 Å². The highest BCUT2D eigenvalue weighted by molar-refractivity contribution is 5.14. The van der Waals surface area contributed by atoms with Gasteiger partial charge in [-0.05, 0) is 45.9 Å². The molecule has 0 aromatic carbocycles. The number of pyridine rings is 1. The summed E-state index contributed by atoms with van der Waals surface area (Å²) < 4.78 is 5.81. The van der Waals surface area contributed by atoms with Gasteiger partial charge in [0, 0.05) is 24.4 Å². The van der Waals surface area contributed by atoms with Crippen LogP contribution < -0.4 is 5.32 Å². The van der Waals surface area contributed by atoms with Crippen LogP contribution in [0.25, 0.3) is 0 Å². The van der Waals surface area contributed by atoms with E-state index in [2.05, 4.69) is 50.1 Å². The van der Waals surface area contributed by atoms with E-state index in [9.17, 15) is 0 Å². The number of aryl methyl sites for hydroxylation is 1. The molecule has 18 heavy (non-hydrogen) atoms. The van der Waals surface area contributed by atoms with Crippen molar-refractivity contribution in [3.63, 3.8) is 0 Å². The van der Waals surface area contributed by atoms with Gasteiger partial charge in [0.1, 0.15) is 0 Å². The summed E-state index contributed by atoms with van der Waals surface area (Å²) in [4.78, 5) is 4.49. The highest BCUT2D eigenvalue weighted by Crippen LogP contribution is 2.09. The lowest BCUT2D eigenvalue weighted by Gasteiger charge is -2.24. The van der Waals surface area contributed by atoms with Crippen LogP contribution in [0.4, 0.5) is 0 Å². The molecule has 0 amide bonds. The molecule has 3 heteroatoms. The van der Waals surface area contributed by atoms with E-state index in [4.69, 9.17) is 4.74 Å². The predicted molar refractivity (Wildman–Crippen MR) is 75.9 cm³/mol. The van der Waals surface area contributed by atoms with Crippen molar-refractivity contribution >= 4 is 0 Å². The summed E-state index contributed by atoms with van der Waals surface area (Å²) in [7, 11) is 1.97. The Hall–Kier alpha value is -0.930. The van der Waals surface area contributed by atoms with Crippen LogP contribution in [0.5, 0.6) is 0 Å². The van der Waals surface area contributed by atoms with Gasteiger partial charge >= 0.3 is 0 Å². The Morgan fingerprint density at radius 2 is 2.06 bits per heavy atom. The molecule has 102 valence electrons. The number of nitrogens with one attached hydrogen (secondary N) is 1. The fraction of sp³-hybridized carbons (Fsp3) is 0.667. The summed E-state index contributed by atoms with van der Waals surface area (Å²) in [6.45, 7) is 9.08. The third-order valence-corrected chi connectivity index (χ3v) is 2.88. The lowest BCUT2D eigenvalue weighted by atomic mass is 10.1. The maximum Gasteiger partial charge on any atom is 0.0630 e. The van der Waals surface area contributed by atoms with Gasteiger partial charge < -0.3 is 10.1 Å². The lowest BCUT2D eigenvalue weighted by molar-refractivity contribution is -0.0135.